The Morgan fingerprint density at radius 3 is 2.64 bits per heavy atom. The predicted octanol–water partition coefficient (Wildman–Crippen LogP) is 2.07. The standard InChI is InChI=1S/C11H12O3/c1-3-4-14-11-6-9(8-12)5-10(7-11)13-2/h3,5-8H,1,4H2,2H3. The maximum Gasteiger partial charge on any atom is 0.150 e. The first-order chi connectivity index (χ1) is 6.80. The minimum absolute atomic E-state index is 0.408. The molecule has 74 valence electrons. The zero-order chi connectivity index (χ0) is 10.4. The number of methoxy groups -OCH3 is 1. The van der Waals surface area contributed by atoms with E-state index in [1.165, 1.54) is 0 Å². The molecule has 0 atom stereocenters. The van der Waals surface area contributed by atoms with Gasteiger partial charge in [-0.3, -0.25) is 4.79 Å². The summed E-state index contributed by atoms with van der Waals surface area (Å²) in [5.41, 5.74) is 0.531. The highest BCUT2D eigenvalue weighted by molar-refractivity contribution is 5.76. The van der Waals surface area contributed by atoms with E-state index in [4.69, 9.17) is 9.47 Å². The topological polar surface area (TPSA) is 35.5 Å². The van der Waals surface area contributed by atoms with E-state index in [-0.39, 0.29) is 0 Å². The van der Waals surface area contributed by atoms with E-state index >= 15 is 0 Å². The third-order valence-corrected chi connectivity index (χ3v) is 1.64. The van der Waals surface area contributed by atoms with Crippen LogP contribution in [0.5, 0.6) is 11.5 Å². The summed E-state index contributed by atoms with van der Waals surface area (Å²) in [6.07, 6.45) is 2.39. The van der Waals surface area contributed by atoms with Crippen LogP contribution in [0.1, 0.15) is 10.4 Å². The van der Waals surface area contributed by atoms with Crippen molar-refractivity contribution in [2.24, 2.45) is 0 Å². The number of aldehydes is 1. The Morgan fingerprint density at radius 2 is 2.07 bits per heavy atom. The van der Waals surface area contributed by atoms with Gasteiger partial charge >= 0.3 is 0 Å². The Hall–Kier alpha value is -1.77. The highest BCUT2D eigenvalue weighted by Crippen LogP contribution is 2.21. The zero-order valence-electron chi connectivity index (χ0n) is 8.03. The van der Waals surface area contributed by atoms with Crippen LogP contribution in [-0.2, 0) is 0 Å². The van der Waals surface area contributed by atoms with Gasteiger partial charge in [0.05, 0.1) is 7.11 Å². The van der Waals surface area contributed by atoms with Gasteiger partial charge in [-0.2, -0.15) is 0 Å². The quantitative estimate of drug-likeness (QED) is 0.529. The lowest BCUT2D eigenvalue weighted by molar-refractivity contribution is 0.112. The van der Waals surface area contributed by atoms with Crippen LogP contribution in [0.3, 0.4) is 0 Å². The number of ether oxygens (including phenoxy) is 2. The Kier molecular flexibility index (Phi) is 3.73. The first kappa shape index (κ1) is 10.3. The summed E-state index contributed by atoms with van der Waals surface area (Å²) in [7, 11) is 1.54. The van der Waals surface area contributed by atoms with Crippen molar-refractivity contribution in [2.45, 2.75) is 0 Å². The van der Waals surface area contributed by atoms with E-state index in [0.29, 0.717) is 23.7 Å². The van der Waals surface area contributed by atoms with E-state index < -0.39 is 0 Å². The first-order valence-corrected chi connectivity index (χ1v) is 4.18. The Balaban J connectivity index is 2.91. The summed E-state index contributed by atoms with van der Waals surface area (Å²) < 4.78 is 10.3. The fraction of sp³-hybridized carbons (Fsp3) is 0.182. The lowest BCUT2D eigenvalue weighted by atomic mass is 10.2. The van der Waals surface area contributed by atoms with Crippen LogP contribution in [0.4, 0.5) is 0 Å². The normalized spacial score (nSPS) is 9.21. The highest BCUT2D eigenvalue weighted by atomic mass is 16.5. The molecule has 0 saturated heterocycles. The maximum atomic E-state index is 10.6. The number of carbonyl (C=O) groups is 1. The van der Waals surface area contributed by atoms with E-state index in [0.717, 1.165) is 6.29 Å². The van der Waals surface area contributed by atoms with Crippen molar-refractivity contribution in [2.75, 3.05) is 13.7 Å². The molecule has 14 heavy (non-hydrogen) atoms. The molecule has 0 amide bonds. The smallest absolute Gasteiger partial charge is 0.150 e. The molecule has 0 aliphatic carbocycles. The van der Waals surface area contributed by atoms with Gasteiger partial charge in [0.25, 0.3) is 0 Å². The average molecular weight is 192 g/mol. The average Bonchev–Trinajstić information content (AvgIpc) is 2.25. The highest BCUT2D eigenvalue weighted by Gasteiger charge is 2.00. The maximum absolute atomic E-state index is 10.6. The Labute approximate surface area is 83.0 Å². The Bertz CT molecular complexity index is 331. The number of hydrogen-bond donors (Lipinski definition) is 0. The number of benzene rings is 1. The van der Waals surface area contributed by atoms with Gasteiger partial charge in [-0.05, 0) is 12.1 Å². The Morgan fingerprint density at radius 1 is 1.36 bits per heavy atom. The number of rotatable bonds is 5. The van der Waals surface area contributed by atoms with Gasteiger partial charge in [0.15, 0.2) is 0 Å². The van der Waals surface area contributed by atoms with Crippen molar-refractivity contribution in [3.8, 4) is 11.5 Å². The van der Waals surface area contributed by atoms with Crippen molar-refractivity contribution in [3.05, 3.63) is 36.4 Å². The molecular weight excluding hydrogens is 180 g/mol. The zero-order valence-corrected chi connectivity index (χ0v) is 8.03. The molecular formula is C11H12O3. The second-order valence-corrected chi connectivity index (χ2v) is 2.66. The molecule has 1 rings (SSSR count). The van der Waals surface area contributed by atoms with Crippen molar-refractivity contribution >= 4 is 6.29 Å². The van der Waals surface area contributed by atoms with Gasteiger partial charge < -0.3 is 9.47 Å². The van der Waals surface area contributed by atoms with Gasteiger partial charge in [0.2, 0.25) is 0 Å². The van der Waals surface area contributed by atoms with Crippen LogP contribution in [0.15, 0.2) is 30.9 Å². The summed E-state index contributed by atoms with van der Waals surface area (Å²) in [5, 5.41) is 0. The molecule has 0 heterocycles. The predicted molar refractivity (Wildman–Crippen MR) is 54.1 cm³/mol. The molecule has 3 heteroatoms. The number of carbonyl (C=O) groups excluding carboxylic acids is 1. The van der Waals surface area contributed by atoms with Crippen LogP contribution in [0.25, 0.3) is 0 Å². The molecule has 0 aliphatic rings. The first-order valence-electron chi connectivity index (χ1n) is 4.18. The fourth-order valence-electron chi connectivity index (χ4n) is 1.02. The molecule has 0 N–H and O–H groups in total. The van der Waals surface area contributed by atoms with E-state index in [1.807, 2.05) is 0 Å². The second kappa shape index (κ2) is 5.07. The second-order valence-electron chi connectivity index (χ2n) is 2.66. The molecule has 0 unspecified atom stereocenters. The van der Waals surface area contributed by atoms with Gasteiger partial charge in [-0.25, -0.2) is 0 Å². The third-order valence-electron chi connectivity index (χ3n) is 1.64. The van der Waals surface area contributed by atoms with Gasteiger partial charge in [0.1, 0.15) is 24.4 Å². The summed E-state index contributed by atoms with van der Waals surface area (Å²) in [6, 6.07) is 5.02. The van der Waals surface area contributed by atoms with E-state index in [9.17, 15) is 4.79 Å². The fourth-order valence-corrected chi connectivity index (χ4v) is 1.02. The molecule has 0 fully saturated rings. The minimum Gasteiger partial charge on any atom is -0.497 e. The molecule has 3 nitrogen and oxygen atoms in total. The summed E-state index contributed by atoms with van der Waals surface area (Å²) in [5.74, 6) is 1.21. The molecule has 0 aliphatic heterocycles. The van der Waals surface area contributed by atoms with Crippen LogP contribution in [0.2, 0.25) is 0 Å². The van der Waals surface area contributed by atoms with Crippen molar-refractivity contribution in [1.82, 2.24) is 0 Å². The minimum atomic E-state index is 0.408. The molecule has 0 saturated carbocycles. The van der Waals surface area contributed by atoms with Gasteiger partial charge in [0, 0.05) is 11.6 Å². The van der Waals surface area contributed by atoms with Gasteiger partial charge in [-0.1, -0.05) is 12.7 Å². The SMILES string of the molecule is C=CCOc1cc(C=O)cc(OC)c1. The lowest BCUT2D eigenvalue weighted by Gasteiger charge is -2.06. The van der Waals surface area contributed by atoms with Crippen molar-refractivity contribution < 1.29 is 14.3 Å². The summed E-state index contributed by atoms with van der Waals surface area (Å²) >= 11 is 0. The van der Waals surface area contributed by atoms with Crippen molar-refractivity contribution in [1.29, 1.82) is 0 Å². The van der Waals surface area contributed by atoms with Crippen LogP contribution in [-0.4, -0.2) is 20.0 Å². The molecule has 0 bridgehead atoms. The lowest BCUT2D eigenvalue weighted by Crippen LogP contribution is -1.95. The van der Waals surface area contributed by atoms with Crippen molar-refractivity contribution in [3.63, 3.8) is 0 Å². The summed E-state index contributed by atoms with van der Waals surface area (Å²) in [6.45, 7) is 3.94. The van der Waals surface area contributed by atoms with Crippen LogP contribution >= 0.6 is 0 Å². The summed E-state index contributed by atoms with van der Waals surface area (Å²) in [4.78, 5) is 10.6. The molecule has 0 aromatic heterocycles. The molecule has 1 aromatic rings. The van der Waals surface area contributed by atoms with Gasteiger partial charge in [-0.15, -0.1) is 0 Å². The monoisotopic (exact) mass is 192 g/mol. The molecule has 0 radical (unpaired) electrons. The largest absolute Gasteiger partial charge is 0.497 e. The van der Waals surface area contributed by atoms with E-state index in [2.05, 4.69) is 6.58 Å². The molecule has 0 spiro atoms. The van der Waals surface area contributed by atoms with Crippen LogP contribution in [0, 0.1) is 0 Å². The van der Waals surface area contributed by atoms with Crippen LogP contribution < -0.4 is 9.47 Å². The molecule has 1 aromatic carbocycles. The van der Waals surface area contributed by atoms with E-state index in [1.54, 1.807) is 31.4 Å². The number of hydrogen-bond acceptors (Lipinski definition) is 3. The third kappa shape index (κ3) is 2.62.